The van der Waals surface area contributed by atoms with Crippen LogP contribution in [0.1, 0.15) is 29.2 Å². The van der Waals surface area contributed by atoms with Crippen molar-refractivity contribution in [1.82, 2.24) is 0 Å². The fourth-order valence-electron chi connectivity index (χ4n) is 2.13. The molecule has 0 bridgehead atoms. The first kappa shape index (κ1) is 17.7. The molecule has 0 atom stereocenters. The van der Waals surface area contributed by atoms with Crippen molar-refractivity contribution in [3.8, 4) is 11.1 Å². The van der Waals surface area contributed by atoms with Crippen LogP contribution >= 0.6 is 0 Å². The average Bonchev–Trinajstić information content (AvgIpc) is 2.50. The quantitative estimate of drug-likeness (QED) is 0.770. The Bertz CT molecular complexity index is 671. The van der Waals surface area contributed by atoms with Crippen molar-refractivity contribution in [2.75, 3.05) is 0 Å². The van der Waals surface area contributed by atoms with Gasteiger partial charge in [-0.25, -0.2) is 4.79 Å². The summed E-state index contributed by atoms with van der Waals surface area (Å²) in [5.41, 5.74) is 8.45. The maximum absolute atomic E-state index is 9.60. The van der Waals surface area contributed by atoms with E-state index in [1.54, 1.807) is 0 Å². The van der Waals surface area contributed by atoms with E-state index in [0.29, 0.717) is 0 Å². The van der Waals surface area contributed by atoms with E-state index in [9.17, 15) is 4.79 Å². The Hall–Kier alpha value is -2.35. The first-order valence-electron chi connectivity index (χ1n) is 7.27. The summed E-state index contributed by atoms with van der Waals surface area (Å²) in [6.45, 7) is 13.4. The monoisotopic (exact) mass is 296 g/mol. The van der Waals surface area contributed by atoms with Crippen molar-refractivity contribution in [2.24, 2.45) is 0 Å². The first-order valence-corrected chi connectivity index (χ1v) is 7.27. The molecule has 0 aliphatic carbocycles. The van der Waals surface area contributed by atoms with Crippen LogP contribution in [-0.4, -0.2) is 11.1 Å². The number of hydrogen-bond acceptors (Lipinski definition) is 1. The zero-order valence-corrected chi connectivity index (χ0v) is 14.0. The third-order valence-corrected chi connectivity index (χ3v) is 3.93. The van der Waals surface area contributed by atoms with Crippen LogP contribution in [-0.2, 0) is 4.79 Å². The zero-order valence-electron chi connectivity index (χ0n) is 14.0. The van der Waals surface area contributed by atoms with E-state index < -0.39 is 5.97 Å². The number of aliphatic carboxylic acids is 1. The molecule has 2 aromatic rings. The van der Waals surface area contributed by atoms with E-state index in [2.05, 4.69) is 70.7 Å². The van der Waals surface area contributed by atoms with Gasteiger partial charge in [0.25, 0.3) is 0 Å². The van der Waals surface area contributed by atoms with Gasteiger partial charge in [0, 0.05) is 5.57 Å². The number of rotatable bonds is 2. The molecule has 1 N–H and O–H groups in total. The fourth-order valence-corrected chi connectivity index (χ4v) is 2.13. The lowest BCUT2D eigenvalue weighted by Crippen LogP contribution is -1.94. The largest absolute Gasteiger partial charge is 0.478 e. The Balaban J connectivity index is 0.000000346. The molecule has 116 valence electrons. The molecule has 0 heterocycles. The molecule has 0 amide bonds. The van der Waals surface area contributed by atoms with Crippen LogP contribution in [0.2, 0.25) is 0 Å². The van der Waals surface area contributed by atoms with Crippen LogP contribution in [0.3, 0.4) is 0 Å². The summed E-state index contributed by atoms with van der Waals surface area (Å²) in [5.74, 6) is -0.935. The van der Waals surface area contributed by atoms with E-state index in [4.69, 9.17) is 5.11 Å². The van der Waals surface area contributed by atoms with Crippen LogP contribution in [0.25, 0.3) is 11.1 Å². The highest BCUT2D eigenvalue weighted by Gasteiger charge is 2.08. The van der Waals surface area contributed by atoms with Crippen molar-refractivity contribution in [2.45, 2.75) is 34.6 Å². The summed E-state index contributed by atoms with van der Waals surface area (Å²) in [5, 5.41) is 7.89. The van der Waals surface area contributed by atoms with E-state index in [1.807, 2.05) is 0 Å². The van der Waals surface area contributed by atoms with Gasteiger partial charge in [-0.2, -0.15) is 0 Å². The van der Waals surface area contributed by atoms with Gasteiger partial charge >= 0.3 is 5.97 Å². The molecule has 22 heavy (non-hydrogen) atoms. The van der Waals surface area contributed by atoms with E-state index in [1.165, 1.54) is 40.3 Å². The Labute approximate surface area is 133 Å². The summed E-state index contributed by atoms with van der Waals surface area (Å²) < 4.78 is 0. The van der Waals surface area contributed by atoms with Gasteiger partial charge in [0.15, 0.2) is 0 Å². The fraction of sp³-hybridized carbons (Fsp3) is 0.250. The van der Waals surface area contributed by atoms with Crippen LogP contribution in [0.4, 0.5) is 0 Å². The molecule has 0 aliphatic rings. The van der Waals surface area contributed by atoms with Crippen LogP contribution in [0.15, 0.2) is 48.6 Å². The molecular weight excluding hydrogens is 272 g/mol. The average molecular weight is 296 g/mol. The Morgan fingerprint density at radius 1 is 0.955 bits per heavy atom. The third kappa shape index (κ3) is 4.32. The van der Waals surface area contributed by atoms with Gasteiger partial charge in [-0.05, 0) is 68.0 Å². The van der Waals surface area contributed by atoms with E-state index in [-0.39, 0.29) is 5.57 Å². The molecule has 0 saturated heterocycles. The second-order valence-corrected chi connectivity index (χ2v) is 5.57. The van der Waals surface area contributed by atoms with Crippen LogP contribution in [0, 0.1) is 27.7 Å². The highest BCUT2D eigenvalue weighted by Crippen LogP contribution is 2.29. The van der Waals surface area contributed by atoms with Crippen molar-refractivity contribution < 1.29 is 9.90 Å². The highest BCUT2D eigenvalue weighted by molar-refractivity contribution is 5.84. The summed E-state index contributed by atoms with van der Waals surface area (Å²) in [6.07, 6.45) is 0. The van der Waals surface area contributed by atoms with Gasteiger partial charge in [-0.1, -0.05) is 43.0 Å². The molecule has 0 radical (unpaired) electrons. The molecule has 0 saturated carbocycles. The number of carboxylic acid groups (broad SMARTS) is 1. The van der Waals surface area contributed by atoms with Crippen molar-refractivity contribution in [3.63, 3.8) is 0 Å². The van der Waals surface area contributed by atoms with E-state index in [0.717, 1.165) is 0 Å². The predicted octanol–water partition coefficient (Wildman–Crippen LogP) is 5.23. The summed E-state index contributed by atoms with van der Waals surface area (Å²) in [6, 6.07) is 12.9. The molecule has 0 spiro atoms. The van der Waals surface area contributed by atoms with Crippen LogP contribution in [0.5, 0.6) is 0 Å². The maximum atomic E-state index is 9.60. The van der Waals surface area contributed by atoms with Gasteiger partial charge in [-0.15, -0.1) is 0 Å². The second-order valence-electron chi connectivity index (χ2n) is 5.57. The zero-order chi connectivity index (χ0) is 16.9. The molecule has 0 unspecified atom stereocenters. The smallest absolute Gasteiger partial charge is 0.330 e. The molecule has 0 aliphatic heterocycles. The number of hydrogen-bond donors (Lipinski definition) is 1. The van der Waals surface area contributed by atoms with Gasteiger partial charge in [0.05, 0.1) is 0 Å². The lowest BCUT2D eigenvalue weighted by Gasteiger charge is -2.14. The lowest BCUT2D eigenvalue weighted by atomic mass is 9.91. The molecule has 2 heteroatoms. The van der Waals surface area contributed by atoms with Crippen molar-refractivity contribution in [3.05, 3.63) is 70.8 Å². The minimum absolute atomic E-state index is 0.176. The minimum Gasteiger partial charge on any atom is -0.478 e. The summed E-state index contributed by atoms with van der Waals surface area (Å²) >= 11 is 0. The minimum atomic E-state index is -0.935. The highest BCUT2D eigenvalue weighted by atomic mass is 16.4. The second kappa shape index (κ2) is 7.60. The Kier molecular flexibility index (Phi) is 6.11. The number of benzene rings is 2. The maximum Gasteiger partial charge on any atom is 0.330 e. The molecule has 2 aromatic carbocycles. The van der Waals surface area contributed by atoms with Gasteiger partial charge in [-0.3, -0.25) is 0 Å². The number of carbonyl (C=O) groups is 1. The Morgan fingerprint density at radius 2 is 1.45 bits per heavy atom. The molecule has 0 fully saturated rings. The van der Waals surface area contributed by atoms with Gasteiger partial charge in [0.1, 0.15) is 0 Å². The first-order chi connectivity index (χ1) is 10.3. The molecule has 2 rings (SSSR count). The summed E-state index contributed by atoms with van der Waals surface area (Å²) in [4.78, 5) is 9.60. The number of carboxylic acids is 1. The van der Waals surface area contributed by atoms with Gasteiger partial charge < -0.3 is 5.11 Å². The summed E-state index contributed by atoms with van der Waals surface area (Å²) in [7, 11) is 0. The van der Waals surface area contributed by atoms with E-state index >= 15 is 0 Å². The molecule has 2 nitrogen and oxygen atoms in total. The predicted molar refractivity (Wildman–Crippen MR) is 93.3 cm³/mol. The van der Waals surface area contributed by atoms with Crippen molar-refractivity contribution >= 4 is 5.97 Å². The Morgan fingerprint density at radius 3 is 1.91 bits per heavy atom. The normalized spacial score (nSPS) is 9.68. The van der Waals surface area contributed by atoms with Gasteiger partial charge in [0.2, 0.25) is 0 Å². The standard InChI is InChI=1S/C16H18.C4H6O2/c1-11-10-16(14(4)13(3)12(11)2)15-8-6-5-7-9-15;1-3(2)4(5)6/h5-10H,1-4H3;1H2,2H3,(H,5,6). The number of aryl methyl sites for hydroxylation is 1. The topological polar surface area (TPSA) is 37.3 Å². The SMILES string of the molecule is C=C(C)C(=O)O.Cc1cc(-c2ccccc2)c(C)c(C)c1C. The third-order valence-electron chi connectivity index (χ3n) is 3.93. The van der Waals surface area contributed by atoms with Crippen LogP contribution < -0.4 is 0 Å². The molecular formula is C20H24O2. The lowest BCUT2D eigenvalue weighted by molar-refractivity contribution is -0.132. The molecule has 0 aromatic heterocycles. The van der Waals surface area contributed by atoms with Crippen molar-refractivity contribution in [1.29, 1.82) is 0 Å².